The molecule has 1 N–H and O–H groups in total. The summed E-state index contributed by atoms with van der Waals surface area (Å²) in [5, 5.41) is 7.38. The van der Waals surface area contributed by atoms with E-state index in [4.69, 9.17) is 0 Å². The number of amides is 1. The maximum Gasteiger partial charge on any atom is 0.254 e. The average Bonchev–Trinajstić information content (AvgIpc) is 3.04. The van der Waals surface area contributed by atoms with Crippen molar-refractivity contribution in [2.24, 2.45) is 0 Å². The Morgan fingerprint density at radius 2 is 1.89 bits per heavy atom. The standard InChI is InChI=1S/C19H25BrN4O3S/c1-3-12-28(26,27)23-10-8-16(9-11-23)22-19(25)18-13-21-24(14(18)2)17-6-4-15(20)5-7-17/h4-7,13,16H,3,8-12H2,1-2H3,(H,22,25). The lowest BCUT2D eigenvalue weighted by molar-refractivity contribution is 0.0923. The SMILES string of the molecule is CCCS(=O)(=O)N1CCC(NC(=O)c2cnn(-c3ccc(Br)cc3)c2C)CC1. The number of benzene rings is 1. The molecule has 1 aromatic carbocycles. The van der Waals surface area contributed by atoms with Gasteiger partial charge in [0.2, 0.25) is 10.0 Å². The summed E-state index contributed by atoms with van der Waals surface area (Å²) in [6.45, 7) is 4.63. The first-order valence-corrected chi connectivity index (χ1v) is 11.8. The molecule has 1 amide bonds. The first-order chi connectivity index (χ1) is 13.3. The van der Waals surface area contributed by atoms with Crippen molar-refractivity contribution in [1.82, 2.24) is 19.4 Å². The quantitative estimate of drug-likeness (QED) is 0.705. The summed E-state index contributed by atoms with van der Waals surface area (Å²) >= 11 is 3.41. The van der Waals surface area contributed by atoms with E-state index in [9.17, 15) is 13.2 Å². The number of hydrogen-bond acceptors (Lipinski definition) is 4. The maximum atomic E-state index is 12.7. The fraction of sp³-hybridized carbons (Fsp3) is 0.474. The highest BCUT2D eigenvalue weighted by atomic mass is 79.9. The normalized spacial score (nSPS) is 16.2. The molecule has 7 nitrogen and oxygen atoms in total. The second-order valence-electron chi connectivity index (χ2n) is 6.99. The number of aromatic nitrogens is 2. The number of rotatable bonds is 6. The second-order valence-corrected chi connectivity index (χ2v) is 10.00. The highest BCUT2D eigenvalue weighted by Crippen LogP contribution is 2.19. The lowest BCUT2D eigenvalue weighted by Gasteiger charge is -2.31. The zero-order valence-electron chi connectivity index (χ0n) is 16.1. The molecule has 2 heterocycles. The molecule has 9 heteroatoms. The van der Waals surface area contributed by atoms with E-state index in [1.54, 1.807) is 10.9 Å². The van der Waals surface area contributed by atoms with E-state index in [2.05, 4.69) is 26.3 Å². The highest BCUT2D eigenvalue weighted by Gasteiger charge is 2.28. The molecule has 0 aliphatic carbocycles. The number of halogens is 1. The third kappa shape index (κ3) is 4.64. The van der Waals surface area contributed by atoms with Crippen molar-refractivity contribution in [3.8, 4) is 5.69 Å². The van der Waals surface area contributed by atoms with Gasteiger partial charge in [-0.2, -0.15) is 5.10 Å². The Hall–Kier alpha value is -1.71. The van der Waals surface area contributed by atoms with Crippen LogP contribution < -0.4 is 5.32 Å². The Labute approximate surface area is 174 Å². The molecule has 0 saturated carbocycles. The van der Waals surface area contributed by atoms with Crippen LogP contribution in [0, 0.1) is 6.92 Å². The second kappa shape index (κ2) is 8.75. The van der Waals surface area contributed by atoms with Crippen LogP contribution in [0.5, 0.6) is 0 Å². The van der Waals surface area contributed by atoms with Crippen molar-refractivity contribution in [3.05, 3.63) is 46.2 Å². The molecule has 0 atom stereocenters. The van der Waals surface area contributed by atoms with Crippen LogP contribution >= 0.6 is 15.9 Å². The first-order valence-electron chi connectivity index (χ1n) is 9.41. The molecule has 1 saturated heterocycles. The van der Waals surface area contributed by atoms with Crippen LogP contribution in [0.4, 0.5) is 0 Å². The summed E-state index contributed by atoms with van der Waals surface area (Å²) in [5.41, 5.74) is 2.18. The van der Waals surface area contributed by atoms with E-state index < -0.39 is 10.0 Å². The number of nitrogens with one attached hydrogen (secondary N) is 1. The van der Waals surface area contributed by atoms with Crippen LogP contribution in [0.25, 0.3) is 5.69 Å². The van der Waals surface area contributed by atoms with Gasteiger partial charge in [-0.3, -0.25) is 4.79 Å². The van der Waals surface area contributed by atoms with Crippen LogP contribution in [0.1, 0.15) is 42.2 Å². The number of carbonyl (C=O) groups is 1. The minimum Gasteiger partial charge on any atom is -0.349 e. The van der Waals surface area contributed by atoms with Crippen LogP contribution in [-0.4, -0.2) is 53.3 Å². The Kier molecular flexibility index (Phi) is 6.57. The number of piperidine rings is 1. The summed E-state index contributed by atoms with van der Waals surface area (Å²) in [5.74, 6) is 0.00841. The van der Waals surface area contributed by atoms with Crippen molar-refractivity contribution in [3.63, 3.8) is 0 Å². The summed E-state index contributed by atoms with van der Waals surface area (Å²) < 4.78 is 28.6. The van der Waals surface area contributed by atoms with Crippen molar-refractivity contribution < 1.29 is 13.2 Å². The average molecular weight is 469 g/mol. The summed E-state index contributed by atoms with van der Waals surface area (Å²) in [6, 6.07) is 7.68. The zero-order valence-corrected chi connectivity index (χ0v) is 18.5. The summed E-state index contributed by atoms with van der Waals surface area (Å²) in [4.78, 5) is 12.7. The molecule has 0 unspecified atom stereocenters. The molecular weight excluding hydrogens is 444 g/mol. The zero-order chi connectivity index (χ0) is 20.3. The van der Waals surface area contributed by atoms with Gasteiger partial charge in [-0.15, -0.1) is 0 Å². The van der Waals surface area contributed by atoms with Gasteiger partial charge in [-0.25, -0.2) is 17.4 Å². The molecule has 2 aromatic rings. The maximum absolute atomic E-state index is 12.7. The predicted molar refractivity (Wildman–Crippen MR) is 112 cm³/mol. The number of carbonyl (C=O) groups excluding carboxylic acids is 1. The Morgan fingerprint density at radius 1 is 1.25 bits per heavy atom. The Bertz CT molecular complexity index is 933. The van der Waals surface area contributed by atoms with Crippen molar-refractivity contribution in [1.29, 1.82) is 0 Å². The molecule has 0 spiro atoms. The molecule has 28 heavy (non-hydrogen) atoms. The largest absolute Gasteiger partial charge is 0.349 e. The minimum absolute atomic E-state index is 0.0315. The van der Waals surface area contributed by atoms with Crippen molar-refractivity contribution in [2.75, 3.05) is 18.8 Å². The van der Waals surface area contributed by atoms with E-state index in [1.165, 1.54) is 4.31 Å². The topological polar surface area (TPSA) is 84.3 Å². The van der Waals surface area contributed by atoms with Gasteiger partial charge < -0.3 is 5.32 Å². The third-order valence-electron chi connectivity index (χ3n) is 4.97. The molecule has 1 fully saturated rings. The molecule has 1 aliphatic heterocycles. The number of hydrogen-bond donors (Lipinski definition) is 1. The predicted octanol–water partition coefficient (Wildman–Crippen LogP) is 2.88. The number of sulfonamides is 1. The lowest BCUT2D eigenvalue weighted by Crippen LogP contribution is -2.47. The van der Waals surface area contributed by atoms with Gasteiger partial charge in [-0.05, 0) is 50.5 Å². The van der Waals surface area contributed by atoms with E-state index in [1.807, 2.05) is 38.1 Å². The van der Waals surface area contributed by atoms with Gasteiger partial charge in [0, 0.05) is 23.6 Å². The summed E-state index contributed by atoms with van der Waals surface area (Å²) in [6.07, 6.45) is 3.43. The Morgan fingerprint density at radius 3 is 2.50 bits per heavy atom. The first kappa shape index (κ1) is 21.0. The smallest absolute Gasteiger partial charge is 0.254 e. The Balaban J connectivity index is 1.63. The van der Waals surface area contributed by atoms with Gasteiger partial charge in [-0.1, -0.05) is 22.9 Å². The van der Waals surface area contributed by atoms with Crippen molar-refractivity contribution in [2.45, 2.75) is 39.2 Å². The monoisotopic (exact) mass is 468 g/mol. The van der Waals surface area contributed by atoms with Gasteiger partial charge in [0.25, 0.3) is 5.91 Å². The van der Waals surface area contributed by atoms with E-state index in [0.717, 1.165) is 15.9 Å². The molecule has 1 aliphatic rings. The molecule has 0 radical (unpaired) electrons. The molecule has 3 rings (SSSR count). The van der Waals surface area contributed by atoms with Crippen molar-refractivity contribution >= 4 is 31.9 Å². The fourth-order valence-electron chi connectivity index (χ4n) is 3.40. The number of nitrogens with zero attached hydrogens (tertiary/aromatic N) is 3. The van der Waals surface area contributed by atoms with Gasteiger partial charge in [0.1, 0.15) is 0 Å². The van der Waals surface area contributed by atoms with Crippen LogP contribution in [0.2, 0.25) is 0 Å². The lowest BCUT2D eigenvalue weighted by atomic mass is 10.1. The summed E-state index contributed by atoms with van der Waals surface area (Å²) in [7, 11) is -3.17. The van der Waals surface area contributed by atoms with E-state index in [0.29, 0.717) is 37.9 Å². The molecule has 0 bridgehead atoms. The van der Waals surface area contributed by atoms with Crippen LogP contribution in [-0.2, 0) is 10.0 Å². The van der Waals surface area contributed by atoms with E-state index >= 15 is 0 Å². The fourth-order valence-corrected chi connectivity index (χ4v) is 5.21. The van der Waals surface area contributed by atoms with E-state index in [-0.39, 0.29) is 17.7 Å². The molecular formula is C19H25BrN4O3S. The minimum atomic E-state index is -3.17. The van der Waals surface area contributed by atoms with Gasteiger partial charge in [0.05, 0.1) is 28.9 Å². The molecule has 1 aromatic heterocycles. The van der Waals surface area contributed by atoms with Gasteiger partial charge in [0.15, 0.2) is 0 Å². The third-order valence-corrected chi connectivity index (χ3v) is 7.57. The van der Waals surface area contributed by atoms with Gasteiger partial charge >= 0.3 is 0 Å². The molecule has 152 valence electrons. The van der Waals surface area contributed by atoms with Crippen LogP contribution in [0.3, 0.4) is 0 Å². The highest BCUT2D eigenvalue weighted by molar-refractivity contribution is 9.10. The van der Waals surface area contributed by atoms with Crippen LogP contribution in [0.15, 0.2) is 34.9 Å².